The Hall–Kier alpha value is -4.48. The van der Waals surface area contributed by atoms with Crippen LogP contribution in [0.3, 0.4) is 0 Å². The van der Waals surface area contributed by atoms with E-state index in [0.717, 1.165) is 11.0 Å². The van der Waals surface area contributed by atoms with Gasteiger partial charge in [0.05, 0.1) is 11.4 Å². The van der Waals surface area contributed by atoms with Crippen LogP contribution in [-0.2, 0) is 16.6 Å². The van der Waals surface area contributed by atoms with Crippen molar-refractivity contribution in [2.75, 3.05) is 23.4 Å². The van der Waals surface area contributed by atoms with E-state index in [0.29, 0.717) is 11.4 Å². The molecule has 3 aromatic rings. The van der Waals surface area contributed by atoms with Crippen LogP contribution in [0.2, 0.25) is 0 Å². The molecule has 1 N–H and O–H groups in total. The van der Waals surface area contributed by atoms with Crippen molar-refractivity contribution in [1.82, 2.24) is 14.3 Å². The molecule has 3 heterocycles. The maximum atomic E-state index is 13.0. The van der Waals surface area contributed by atoms with E-state index in [9.17, 15) is 24.5 Å². The average molecular weight is 438 g/mol. The molecule has 2 amide bonds. The maximum Gasteiger partial charge on any atom is 0.366 e. The van der Waals surface area contributed by atoms with Gasteiger partial charge in [-0.1, -0.05) is 18.2 Å². The van der Waals surface area contributed by atoms with Crippen molar-refractivity contribution in [3.8, 4) is 11.4 Å². The zero-order valence-electron chi connectivity index (χ0n) is 17.1. The summed E-state index contributed by atoms with van der Waals surface area (Å²) in [5.41, 5.74) is 0.758. The number of nitrogens with one attached hydrogen (secondary N) is 1. The molecule has 0 spiro atoms. The number of fused-ring (bicyclic) bond motifs is 1. The van der Waals surface area contributed by atoms with Crippen LogP contribution < -0.4 is 20.5 Å². The van der Waals surface area contributed by atoms with E-state index in [-0.39, 0.29) is 23.9 Å². The number of hydrogen-bond acceptors (Lipinski definition) is 7. The highest BCUT2D eigenvalue weighted by Gasteiger charge is 2.34. The van der Waals surface area contributed by atoms with Gasteiger partial charge in [-0.2, -0.15) is 0 Å². The number of nitrogens with zero attached hydrogens (tertiary/aromatic N) is 5. The van der Waals surface area contributed by atoms with Gasteiger partial charge in [-0.25, -0.2) is 4.68 Å². The lowest BCUT2D eigenvalue weighted by Gasteiger charge is -2.24. The Labute approximate surface area is 180 Å². The van der Waals surface area contributed by atoms with Gasteiger partial charge in [0.1, 0.15) is 12.2 Å². The second-order valence-electron chi connectivity index (χ2n) is 7.00. The van der Waals surface area contributed by atoms with Gasteiger partial charge in [0.25, 0.3) is 17.3 Å². The van der Waals surface area contributed by atoms with E-state index in [4.69, 9.17) is 4.74 Å². The number of para-hydroxylation sites is 1. The molecule has 12 nitrogen and oxygen atoms in total. The van der Waals surface area contributed by atoms with E-state index in [1.165, 1.54) is 10.7 Å². The predicted molar refractivity (Wildman–Crippen MR) is 113 cm³/mol. The normalized spacial score (nSPS) is 12.8. The third-order valence-electron chi connectivity index (χ3n) is 5.04. The lowest BCUT2D eigenvalue weighted by molar-refractivity contribution is -0.389. The first-order valence-corrected chi connectivity index (χ1v) is 9.50. The van der Waals surface area contributed by atoms with Crippen LogP contribution in [0.1, 0.15) is 5.69 Å². The number of anilines is 2. The molecule has 0 saturated carbocycles. The Bertz CT molecular complexity index is 1300. The van der Waals surface area contributed by atoms with Crippen molar-refractivity contribution in [2.24, 2.45) is 7.05 Å². The molecule has 0 fully saturated rings. The fourth-order valence-corrected chi connectivity index (χ4v) is 3.37. The summed E-state index contributed by atoms with van der Waals surface area (Å²) in [5.74, 6) is -1.72. The molecule has 4 rings (SSSR count). The lowest BCUT2D eigenvalue weighted by atomic mass is 10.3. The van der Waals surface area contributed by atoms with Gasteiger partial charge >= 0.3 is 5.82 Å². The Morgan fingerprint density at radius 1 is 1.22 bits per heavy atom. The van der Waals surface area contributed by atoms with Crippen molar-refractivity contribution >= 4 is 29.1 Å². The number of benzene rings is 1. The molecule has 0 radical (unpaired) electrons. The summed E-state index contributed by atoms with van der Waals surface area (Å²) in [7, 11) is 1.68. The molecule has 1 aliphatic rings. The van der Waals surface area contributed by atoms with Crippen LogP contribution >= 0.6 is 0 Å². The van der Waals surface area contributed by atoms with Gasteiger partial charge in [-0.15, -0.1) is 0 Å². The van der Waals surface area contributed by atoms with Crippen LogP contribution in [0.25, 0.3) is 5.69 Å². The molecule has 0 aliphatic carbocycles. The standard InChI is InChI=1S/C20H18N6O6/c1-12-18(20(29)25(23(12)2)13-6-4-3-5-7-13)22-16(27)10-24-17(28)11-32-14-8-9-15(26(30)31)21-19(14)24/h3-9H,10-11H2,1-2H3,(H,22,27). The van der Waals surface area contributed by atoms with Gasteiger partial charge in [-0.3, -0.25) is 24.0 Å². The Morgan fingerprint density at radius 2 is 1.94 bits per heavy atom. The largest absolute Gasteiger partial charge is 0.477 e. The van der Waals surface area contributed by atoms with Gasteiger partial charge in [0.2, 0.25) is 5.91 Å². The van der Waals surface area contributed by atoms with Crippen molar-refractivity contribution in [3.05, 3.63) is 68.6 Å². The fraction of sp³-hybridized carbons (Fsp3) is 0.200. The SMILES string of the molecule is Cc1c(NC(=O)CN2C(=O)COc3ccc([N+](=O)[O-])nc32)c(=O)n(-c2ccccc2)n1C. The minimum absolute atomic E-state index is 0.0642. The summed E-state index contributed by atoms with van der Waals surface area (Å²) in [6, 6.07) is 11.4. The Kier molecular flexibility index (Phi) is 5.18. The van der Waals surface area contributed by atoms with Crippen LogP contribution in [0.15, 0.2) is 47.3 Å². The predicted octanol–water partition coefficient (Wildman–Crippen LogP) is 1.15. The fourth-order valence-electron chi connectivity index (χ4n) is 3.37. The molecule has 0 bridgehead atoms. The van der Waals surface area contributed by atoms with Gasteiger partial charge in [0, 0.05) is 13.1 Å². The van der Waals surface area contributed by atoms with Crippen molar-refractivity contribution < 1.29 is 19.2 Å². The van der Waals surface area contributed by atoms with Gasteiger partial charge in [0.15, 0.2) is 12.4 Å². The number of nitro groups is 1. The molecular weight excluding hydrogens is 420 g/mol. The first kappa shape index (κ1) is 20.8. The third-order valence-corrected chi connectivity index (χ3v) is 5.04. The Morgan fingerprint density at radius 3 is 2.62 bits per heavy atom. The lowest BCUT2D eigenvalue weighted by Crippen LogP contribution is -2.44. The number of carbonyl (C=O) groups is 2. The molecule has 0 unspecified atom stereocenters. The molecule has 164 valence electrons. The highest BCUT2D eigenvalue weighted by Crippen LogP contribution is 2.31. The van der Waals surface area contributed by atoms with Crippen LogP contribution in [0, 0.1) is 17.0 Å². The number of carbonyl (C=O) groups excluding carboxylic acids is 2. The highest BCUT2D eigenvalue weighted by molar-refractivity contribution is 6.04. The zero-order valence-corrected chi connectivity index (χ0v) is 17.1. The smallest absolute Gasteiger partial charge is 0.366 e. The monoisotopic (exact) mass is 438 g/mol. The number of hydrogen-bond donors (Lipinski definition) is 1. The highest BCUT2D eigenvalue weighted by atomic mass is 16.6. The summed E-state index contributed by atoms with van der Waals surface area (Å²) >= 11 is 0. The van der Waals surface area contributed by atoms with E-state index < -0.39 is 34.7 Å². The first-order chi connectivity index (χ1) is 15.3. The summed E-state index contributed by atoms with van der Waals surface area (Å²) in [5, 5.41) is 13.6. The van der Waals surface area contributed by atoms with Crippen molar-refractivity contribution in [1.29, 1.82) is 0 Å². The van der Waals surface area contributed by atoms with Crippen LogP contribution in [0.5, 0.6) is 5.75 Å². The topological polar surface area (TPSA) is 142 Å². The second-order valence-corrected chi connectivity index (χ2v) is 7.00. The van der Waals surface area contributed by atoms with Gasteiger partial charge < -0.3 is 20.2 Å². The molecule has 32 heavy (non-hydrogen) atoms. The number of pyridine rings is 1. The minimum Gasteiger partial charge on any atom is -0.477 e. The van der Waals surface area contributed by atoms with E-state index in [1.54, 1.807) is 42.9 Å². The zero-order chi connectivity index (χ0) is 23.0. The number of ether oxygens (including phenoxy) is 1. The average Bonchev–Trinajstić information content (AvgIpc) is 2.99. The maximum absolute atomic E-state index is 13.0. The van der Waals surface area contributed by atoms with Crippen molar-refractivity contribution in [3.63, 3.8) is 0 Å². The third kappa shape index (κ3) is 3.57. The molecule has 2 aromatic heterocycles. The summed E-state index contributed by atoms with van der Waals surface area (Å²) < 4.78 is 8.25. The quantitative estimate of drug-likeness (QED) is 0.465. The molecular formula is C20H18N6O6. The van der Waals surface area contributed by atoms with Crippen molar-refractivity contribution in [2.45, 2.75) is 6.92 Å². The molecule has 0 saturated heterocycles. The first-order valence-electron chi connectivity index (χ1n) is 9.50. The van der Waals surface area contributed by atoms with Gasteiger partial charge in [-0.05, 0) is 35.0 Å². The van der Waals surface area contributed by atoms with Crippen LogP contribution in [0.4, 0.5) is 17.3 Å². The molecule has 0 atom stereocenters. The second kappa shape index (κ2) is 7.98. The van der Waals surface area contributed by atoms with E-state index in [1.807, 2.05) is 6.07 Å². The number of aromatic nitrogens is 3. The number of rotatable bonds is 5. The Balaban J connectivity index is 1.62. The molecule has 1 aliphatic heterocycles. The molecule has 1 aromatic carbocycles. The van der Waals surface area contributed by atoms with E-state index in [2.05, 4.69) is 10.3 Å². The summed E-state index contributed by atoms with van der Waals surface area (Å²) in [4.78, 5) is 53.2. The van der Waals surface area contributed by atoms with Crippen LogP contribution in [-0.4, -0.2) is 44.2 Å². The van der Waals surface area contributed by atoms with E-state index >= 15 is 0 Å². The summed E-state index contributed by atoms with van der Waals surface area (Å²) in [6.07, 6.45) is 0. The summed E-state index contributed by atoms with van der Waals surface area (Å²) in [6.45, 7) is 0.837. The number of amides is 2. The molecule has 12 heteroatoms. The minimum atomic E-state index is -0.711.